The molecular formula is C21H27N3O3. The molecule has 1 aromatic carbocycles. The molecule has 0 saturated heterocycles. The summed E-state index contributed by atoms with van der Waals surface area (Å²) in [4.78, 5) is 36.8. The molecule has 2 amide bonds. The Kier molecular flexibility index (Phi) is 6.93. The molecule has 6 heteroatoms. The van der Waals surface area contributed by atoms with Crippen LogP contribution in [0.4, 0.5) is 5.69 Å². The van der Waals surface area contributed by atoms with E-state index in [9.17, 15) is 14.4 Å². The standard InChI is InChI=1S/C21H27N3O3/c1-14(2)9-11-24-12-10-15(3)19(21(24)27)20(26)23-17-7-5-16(6-8-17)13-18(25)22-4/h5-8,10,12,14H,9,11,13H2,1-4H3,(H,22,25)(H,23,26). The van der Waals surface area contributed by atoms with Gasteiger partial charge in [0.15, 0.2) is 0 Å². The maximum Gasteiger partial charge on any atom is 0.263 e. The average molecular weight is 369 g/mol. The van der Waals surface area contributed by atoms with Crippen molar-refractivity contribution in [1.29, 1.82) is 0 Å². The quantitative estimate of drug-likeness (QED) is 0.787. The number of benzene rings is 1. The largest absolute Gasteiger partial charge is 0.359 e. The molecule has 2 N–H and O–H groups in total. The normalized spacial score (nSPS) is 10.7. The van der Waals surface area contributed by atoms with Crippen molar-refractivity contribution in [3.8, 4) is 0 Å². The van der Waals surface area contributed by atoms with E-state index < -0.39 is 5.91 Å². The van der Waals surface area contributed by atoms with Crippen LogP contribution < -0.4 is 16.2 Å². The van der Waals surface area contributed by atoms with Gasteiger partial charge in [-0.05, 0) is 48.6 Å². The van der Waals surface area contributed by atoms with Crippen LogP contribution in [0.1, 0.15) is 41.8 Å². The predicted octanol–water partition coefficient (Wildman–Crippen LogP) is 2.74. The monoisotopic (exact) mass is 369 g/mol. The number of hydrogen-bond donors (Lipinski definition) is 2. The van der Waals surface area contributed by atoms with Gasteiger partial charge >= 0.3 is 0 Å². The molecule has 2 rings (SSSR count). The van der Waals surface area contributed by atoms with Crippen LogP contribution in [-0.4, -0.2) is 23.4 Å². The summed E-state index contributed by atoms with van der Waals surface area (Å²) in [5.41, 5.74) is 1.96. The Morgan fingerprint density at radius 1 is 1.11 bits per heavy atom. The zero-order chi connectivity index (χ0) is 20.0. The van der Waals surface area contributed by atoms with E-state index in [1.54, 1.807) is 55.1 Å². The minimum Gasteiger partial charge on any atom is -0.359 e. The third kappa shape index (κ3) is 5.54. The molecule has 1 aromatic heterocycles. The zero-order valence-corrected chi connectivity index (χ0v) is 16.3. The summed E-state index contributed by atoms with van der Waals surface area (Å²) in [6, 6.07) is 8.81. The van der Waals surface area contributed by atoms with E-state index in [-0.39, 0.29) is 23.5 Å². The second-order valence-electron chi connectivity index (χ2n) is 7.06. The Labute approximate surface area is 159 Å². The number of hydrogen-bond acceptors (Lipinski definition) is 3. The number of nitrogens with one attached hydrogen (secondary N) is 2. The fourth-order valence-electron chi connectivity index (χ4n) is 2.69. The fourth-order valence-corrected chi connectivity index (χ4v) is 2.69. The number of carbonyl (C=O) groups is 2. The van der Waals surface area contributed by atoms with Gasteiger partial charge < -0.3 is 15.2 Å². The first kappa shape index (κ1) is 20.4. The Morgan fingerprint density at radius 2 is 1.78 bits per heavy atom. The van der Waals surface area contributed by atoms with Crippen LogP contribution in [0.2, 0.25) is 0 Å². The first-order valence-corrected chi connectivity index (χ1v) is 9.12. The summed E-state index contributed by atoms with van der Waals surface area (Å²) in [5.74, 6) is -0.0205. The van der Waals surface area contributed by atoms with E-state index in [0.29, 0.717) is 23.7 Å². The molecule has 6 nitrogen and oxygen atoms in total. The van der Waals surface area contributed by atoms with E-state index >= 15 is 0 Å². The fraction of sp³-hybridized carbons (Fsp3) is 0.381. The number of nitrogens with zero attached hydrogens (tertiary/aromatic N) is 1. The van der Waals surface area contributed by atoms with Crippen molar-refractivity contribution in [3.05, 3.63) is 63.6 Å². The first-order valence-electron chi connectivity index (χ1n) is 9.12. The minimum atomic E-state index is -0.421. The van der Waals surface area contributed by atoms with Crippen molar-refractivity contribution in [2.45, 2.75) is 40.2 Å². The third-order valence-corrected chi connectivity index (χ3v) is 4.40. The van der Waals surface area contributed by atoms with E-state index in [2.05, 4.69) is 24.5 Å². The summed E-state index contributed by atoms with van der Waals surface area (Å²) >= 11 is 0. The number of likely N-dealkylation sites (N-methyl/N-ethyl adjacent to an activating group) is 1. The molecule has 0 bridgehead atoms. The van der Waals surface area contributed by atoms with Gasteiger partial charge in [-0.25, -0.2) is 0 Å². The Morgan fingerprint density at radius 3 is 2.37 bits per heavy atom. The number of amides is 2. The van der Waals surface area contributed by atoms with Crippen LogP contribution in [0.3, 0.4) is 0 Å². The second-order valence-corrected chi connectivity index (χ2v) is 7.06. The number of rotatable bonds is 7. The van der Waals surface area contributed by atoms with Gasteiger partial charge in [-0.1, -0.05) is 26.0 Å². The highest BCUT2D eigenvalue weighted by Crippen LogP contribution is 2.13. The summed E-state index contributed by atoms with van der Waals surface area (Å²) in [5, 5.41) is 5.34. The molecule has 1 heterocycles. The molecule has 144 valence electrons. The summed E-state index contributed by atoms with van der Waals surface area (Å²) < 4.78 is 1.59. The smallest absolute Gasteiger partial charge is 0.263 e. The Balaban J connectivity index is 2.16. The zero-order valence-electron chi connectivity index (χ0n) is 16.3. The maximum atomic E-state index is 12.7. The Hall–Kier alpha value is -2.89. The molecule has 0 radical (unpaired) electrons. The summed E-state index contributed by atoms with van der Waals surface area (Å²) in [7, 11) is 1.59. The van der Waals surface area contributed by atoms with Gasteiger partial charge in [0.05, 0.1) is 6.42 Å². The van der Waals surface area contributed by atoms with Crippen molar-refractivity contribution in [2.24, 2.45) is 5.92 Å². The highest BCUT2D eigenvalue weighted by Gasteiger charge is 2.16. The lowest BCUT2D eigenvalue weighted by Crippen LogP contribution is -2.30. The van der Waals surface area contributed by atoms with Crippen molar-refractivity contribution in [2.75, 3.05) is 12.4 Å². The van der Waals surface area contributed by atoms with Crippen molar-refractivity contribution in [1.82, 2.24) is 9.88 Å². The number of pyridine rings is 1. The molecule has 0 spiro atoms. The number of aromatic nitrogens is 1. The summed E-state index contributed by atoms with van der Waals surface area (Å²) in [6.45, 7) is 6.54. The van der Waals surface area contributed by atoms with Gasteiger partial charge in [0.25, 0.3) is 11.5 Å². The van der Waals surface area contributed by atoms with Crippen LogP contribution in [0.15, 0.2) is 41.3 Å². The lowest BCUT2D eigenvalue weighted by atomic mass is 10.1. The molecule has 0 atom stereocenters. The van der Waals surface area contributed by atoms with E-state index in [4.69, 9.17) is 0 Å². The van der Waals surface area contributed by atoms with Crippen molar-refractivity contribution >= 4 is 17.5 Å². The van der Waals surface area contributed by atoms with E-state index in [1.165, 1.54) is 0 Å². The predicted molar refractivity (Wildman–Crippen MR) is 107 cm³/mol. The SMILES string of the molecule is CNC(=O)Cc1ccc(NC(=O)c2c(C)ccn(CCC(C)C)c2=O)cc1. The van der Waals surface area contributed by atoms with Gasteiger partial charge in [0.1, 0.15) is 5.56 Å². The van der Waals surface area contributed by atoms with Crippen molar-refractivity contribution < 1.29 is 9.59 Å². The highest BCUT2D eigenvalue weighted by atomic mass is 16.2. The highest BCUT2D eigenvalue weighted by molar-refractivity contribution is 6.05. The number of carbonyl (C=O) groups excluding carboxylic acids is 2. The third-order valence-electron chi connectivity index (χ3n) is 4.40. The van der Waals surface area contributed by atoms with Crippen molar-refractivity contribution in [3.63, 3.8) is 0 Å². The molecule has 0 saturated carbocycles. The van der Waals surface area contributed by atoms with Crippen LogP contribution >= 0.6 is 0 Å². The summed E-state index contributed by atoms with van der Waals surface area (Å²) in [6.07, 6.45) is 2.89. The van der Waals surface area contributed by atoms with Crippen LogP contribution in [0, 0.1) is 12.8 Å². The van der Waals surface area contributed by atoms with E-state index in [1.807, 2.05) is 0 Å². The second kappa shape index (κ2) is 9.16. The van der Waals surface area contributed by atoms with Crippen LogP contribution in [0.5, 0.6) is 0 Å². The molecule has 0 aliphatic heterocycles. The Bertz CT molecular complexity index is 867. The van der Waals surface area contributed by atoms with Gasteiger partial charge in [-0.3, -0.25) is 14.4 Å². The lowest BCUT2D eigenvalue weighted by molar-refractivity contribution is -0.119. The molecule has 27 heavy (non-hydrogen) atoms. The topological polar surface area (TPSA) is 80.2 Å². The minimum absolute atomic E-state index is 0.0753. The van der Waals surface area contributed by atoms with Gasteiger partial charge in [0.2, 0.25) is 5.91 Å². The van der Waals surface area contributed by atoms with Gasteiger partial charge in [-0.2, -0.15) is 0 Å². The van der Waals surface area contributed by atoms with E-state index in [0.717, 1.165) is 12.0 Å². The average Bonchev–Trinajstić information content (AvgIpc) is 2.62. The van der Waals surface area contributed by atoms with Gasteiger partial charge in [0, 0.05) is 25.5 Å². The number of anilines is 1. The molecule has 0 unspecified atom stereocenters. The van der Waals surface area contributed by atoms with Crippen LogP contribution in [0.25, 0.3) is 0 Å². The first-order chi connectivity index (χ1) is 12.8. The molecular weight excluding hydrogens is 342 g/mol. The number of aryl methyl sites for hydroxylation is 2. The maximum absolute atomic E-state index is 12.7. The molecule has 0 aliphatic rings. The molecule has 0 fully saturated rings. The lowest BCUT2D eigenvalue weighted by Gasteiger charge is -2.12. The van der Waals surface area contributed by atoms with Gasteiger partial charge in [-0.15, -0.1) is 0 Å². The van der Waals surface area contributed by atoms with Crippen LogP contribution in [-0.2, 0) is 17.8 Å². The molecule has 2 aromatic rings. The molecule has 0 aliphatic carbocycles.